The highest BCUT2D eigenvalue weighted by molar-refractivity contribution is 6.00. The standard InChI is InChI=1S/C18H22N4O3/c1-21-15-10-11(12-4-2-3-9-19-12)5-6-13(15)22(18(21)25)14-7-8-16(23)20-17(14)24/h5-6,10,12,14,19H,2-4,7-9H2,1H3,(H,20,23,24)/i/hD. The van der Waals surface area contributed by atoms with Crippen LogP contribution in [0.25, 0.3) is 11.0 Å². The second-order valence-electron chi connectivity index (χ2n) is 6.84. The molecule has 7 nitrogen and oxygen atoms in total. The first kappa shape index (κ1) is 14.9. The predicted molar refractivity (Wildman–Crippen MR) is 93.2 cm³/mol. The smallest absolute Gasteiger partial charge is 0.310 e. The van der Waals surface area contributed by atoms with Crippen molar-refractivity contribution in [1.82, 2.24) is 19.8 Å². The number of nitrogens with zero attached hydrogens (tertiary/aromatic N) is 2. The van der Waals surface area contributed by atoms with Gasteiger partial charge in [-0.1, -0.05) is 12.5 Å². The zero-order valence-electron chi connectivity index (χ0n) is 15.2. The van der Waals surface area contributed by atoms with Crippen LogP contribution in [0.15, 0.2) is 23.0 Å². The van der Waals surface area contributed by atoms with Crippen molar-refractivity contribution in [2.45, 2.75) is 44.2 Å². The Bertz CT molecular complexity index is 948. The van der Waals surface area contributed by atoms with Gasteiger partial charge in [-0.2, -0.15) is 0 Å². The summed E-state index contributed by atoms with van der Waals surface area (Å²) in [6.45, 7) is 0.749. The molecule has 0 spiro atoms. The maximum absolute atomic E-state index is 12.8. The van der Waals surface area contributed by atoms with Gasteiger partial charge in [-0.15, -0.1) is 0 Å². The number of carbonyl (C=O) groups is 2. The molecule has 2 amide bonds. The third-order valence-electron chi connectivity index (χ3n) is 5.26. The monoisotopic (exact) mass is 343 g/mol. The number of carbonyl (C=O) groups excluding carboxylic acids is 2. The fourth-order valence-corrected chi connectivity index (χ4v) is 3.88. The zero-order valence-corrected chi connectivity index (χ0v) is 14.2. The van der Waals surface area contributed by atoms with Crippen molar-refractivity contribution in [3.8, 4) is 0 Å². The van der Waals surface area contributed by atoms with Crippen molar-refractivity contribution in [3.63, 3.8) is 0 Å². The molecule has 0 bridgehead atoms. The fourth-order valence-electron chi connectivity index (χ4n) is 3.88. The van der Waals surface area contributed by atoms with Crippen molar-refractivity contribution < 1.29 is 11.0 Å². The molecule has 2 N–H and O–H groups in total. The fraction of sp³-hybridized carbons (Fsp3) is 0.500. The highest BCUT2D eigenvalue weighted by Crippen LogP contribution is 2.28. The summed E-state index contributed by atoms with van der Waals surface area (Å²) < 4.78 is 11.2. The van der Waals surface area contributed by atoms with E-state index in [9.17, 15) is 14.4 Å². The highest BCUT2D eigenvalue weighted by Gasteiger charge is 2.31. The van der Waals surface area contributed by atoms with Crippen LogP contribution in [0.1, 0.15) is 49.8 Å². The van der Waals surface area contributed by atoms with Gasteiger partial charge >= 0.3 is 5.69 Å². The lowest BCUT2D eigenvalue weighted by Crippen LogP contribution is -2.44. The molecule has 2 aliphatic rings. The molecular formula is C18H22N4O3. The van der Waals surface area contributed by atoms with E-state index in [1.165, 1.54) is 4.57 Å². The number of rotatable bonds is 2. The summed E-state index contributed by atoms with van der Waals surface area (Å²) in [5.41, 5.74) is 2.18. The normalized spacial score (nSPS) is 25.9. The molecular weight excluding hydrogens is 320 g/mol. The Hall–Kier alpha value is -2.41. The topological polar surface area (TPSA) is 85.1 Å². The average molecular weight is 343 g/mol. The van der Waals surface area contributed by atoms with Crippen LogP contribution < -0.4 is 16.3 Å². The van der Waals surface area contributed by atoms with Gasteiger partial charge in [0.05, 0.1) is 11.0 Å². The average Bonchev–Trinajstić information content (AvgIpc) is 2.87. The van der Waals surface area contributed by atoms with Gasteiger partial charge in [0.1, 0.15) is 7.45 Å². The number of piperidine rings is 2. The van der Waals surface area contributed by atoms with Crippen LogP contribution >= 0.6 is 0 Å². The summed E-state index contributed by atoms with van der Waals surface area (Å²) in [6.07, 6.45) is 3.61. The molecule has 3 heterocycles. The summed E-state index contributed by atoms with van der Waals surface area (Å²) in [6, 6.07) is 5.12. The number of amides is 2. The predicted octanol–water partition coefficient (Wildman–Crippen LogP) is 1.13. The summed E-state index contributed by atoms with van der Waals surface area (Å²) in [7, 11) is 1.69. The first-order chi connectivity index (χ1) is 12.5. The van der Waals surface area contributed by atoms with Gasteiger partial charge in [-0.3, -0.25) is 24.0 Å². The van der Waals surface area contributed by atoms with Gasteiger partial charge < -0.3 is 5.31 Å². The van der Waals surface area contributed by atoms with Gasteiger partial charge in [0.25, 0.3) is 0 Å². The number of imide groups is 1. The van der Waals surface area contributed by atoms with E-state index in [0.717, 1.165) is 36.9 Å². The SMILES string of the molecule is [2H]N1CCCCC1c1ccc2c(c1)n(C)c(=O)n2C1CCC(=O)NC1=O. The van der Waals surface area contributed by atoms with E-state index in [0.29, 0.717) is 11.9 Å². The van der Waals surface area contributed by atoms with Gasteiger partial charge in [0, 0.05) is 19.5 Å². The molecule has 7 heteroatoms. The summed E-state index contributed by atoms with van der Waals surface area (Å²) in [5.74, 6) is -0.723. The lowest BCUT2D eigenvalue weighted by atomic mass is 9.97. The molecule has 0 saturated carbocycles. The number of hydrogen-bond acceptors (Lipinski definition) is 4. The van der Waals surface area contributed by atoms with Crippen LogP contribution in [0.2, 0.25) is 1.41 Å². The molecule has 2 saturated heterocycles. The molecule has 4 rings (SSSR count). The van der Waals surface area contributed by atoms with E-state index in [2.05, 4.69) is 5.32 Å². The van der Waals surface area contributed by atoms with Gasteiger partial charge in [-0.25, -0.2) is 4.79 Å². The molecule has 25 heavy (non-hydrogen) atoms. The molecule has 2 atom stereocenters. The number of aryl methyl sites for hydroxylation is 1. The summed E-state index contributed by atoms with van der Waals surface area (Å²) in [5, 5.41) is 3.93. The second kappa shape index (κ2) is 6.15. The minimum absolute atomic E-state index is 0.0298. The molecule has 0 aliphatic carbocycles. The Morgan fingerprint density at radius 3 is 2.76 bits per heavy atom. The van der Waals surface area contributed by atoms with Gasteiger partial charge in [-0.05, 0) is 43.5 Å². The van der Waals surface area contributed by atoms with Gasteiger partial charge in [0.2, 0.25) is 11.8 Å². The minimum Gasteiger partial charge on any atom is -0.310 e. The molecule has 2 fully saturated rings. The van der Waals surface area contributed by atoms with Crippen LogP contribution in [0.3, 0.4) is 0 Å². The number of aromatic nitrogens is 2. The largest absolute Gasteiger partial charge is 0.329 e. The van der Waals surface area contributed by atoms with Crippen molar-refractivity contribution in [1.29, 1.82) is 0 Å². The van der Waals surface area contributed by atoms with E-state index in [1.807, 2.05) is 18.2 Å². The van der Waals surface area contributed by atoms with Crippen LogP contribution in [-0.2, 0) is 16.6 Å². The molecule has 1 aromatic carbocycles. The van der Waals surface area contributed by atoms with Crippen LogP contribution in [0, 0.1) is 0 Å². The Balaban J connectivity index is 1.79. The van der Waals surface area contributed by atoms with Crippen molar-refractivity contribution in [2.24, 2.45) is 7.05 Å². The van der Waals surface area contributed by atoms with Crippen LogP contribution in [0.4, 0.5) is 0 Å². The van der Waals surface area contributed by atoms with Crippen molar-refractivity contribution >= 4 is 22.8 Å². The maximum Gasteiger partial charge on any atom is 0.329 e. The third kappa shape index (κ3) is 2.68. The third-order valence-corrected chi connectivity index (χ3v) is 5.26. The molecule has 0 radical (unpaired) electrons. The first-order valence-electron chi connectivity index (χ1n) is 9.22. The number of fused-ring (bicyclic) bond motifs is 1. The Morgan fingerprint density at radius 2 is 2.00 bits per heavy atom. The Kier molecular flexibility index (Phi) is 3.66. The Morgan fingerprint density at radius 1 is 1.16 bits per heavy atom. The molecule has 2 aliphatic heterocycles. The summed E-state index contributed by atoms with van der Waals surface area (Å²) in [4.78, 5) is 36.4. The van der Waals surface area contributed by atoms with E-state index < -0.39 is 11.9 Å². The maximum atomic E-state index is 12.8. The molecule has 2 aromatic rings. The van der Waals surface area contributed by atoms with Crippen molar-refractivity contribution in [2.75, 3.05) is 6.54 Å². The van der Waals surface area contributed by atoms with E-state index in [1.54, 1.807) is 16.9 Å². The second-order valence-corrected chi connectivity index (χ2v) is 6.84. The molecule has 132 valence electrons. The number of hydrogen-bond donors (Lipinski definition) is 2. The molecule has 2 unspecified atom stereocenters. The zero-order chi connectivity index (χ0) is 18.4. The summed E-state index contributed by atoms with van der Waals surface area (Å²) >= 11 is 0. The quantitative estimate of drug-likeness (QED) is 0.801. The van der Waals surface area contributed by atoms with Crippen molar-refractivity contribution in [3.05, 3.63) is 34.2 Å². The van der Waals surface area contributed by atoms with E-state index >= 15 is 0 Å². The van der Waals surface area contributed by atoms with Crippen LogP contribution in [0.5, 0.6) is 0 Å². The number of nitrogens with one attached hydrogen (secondary N) is 2. The molecule has 1 aromatic heterocycles. The number of benzene rings is 1. The first-order valence-corrected chi connectivity index (χ1v) is 8.77. The number of imidazole rings is 1. The van der Waals surface area contributed by atoms with E-state index in [-0.39, 0.29) is 24.1 Å². The minimum atomic E-state index is -0.669. The van der Waals surface area contributed by atoms with Crippen LogP contribution in [-0.4, -0.2) is 27.5 Å². The lowest BCUT2D eigenvalue weighted by molar-refractivity contribution is -0.135. The Labute approximate surface area is 146 Å². The van der Waals surface area contributed by atoms with E-state index in [4.69, 9.17) is 1.41 Å². The lowest BCUT2D eigenvalue weighted by Gasteiger charge is -2.24. The van der Waals surface area contributed by atoms with Gasteiger partial charge in [0.15, 0.2) is 0 Å². The highest BCUT2D eigenvalue weighted by atomic mass is 16.2.